The molecule has 2 heterocycles. The summed E-state index contributed by atoms with van der Waals surface area (Å²) < 4.78 is 5.42. The number of amides is 1. The van der Waals surface area contributed by atoms with Gasteiger partial charge in [0.1, 0.15) is 0 Å². The lowest BCUT2D eigenvalue weighted by molar-refractivity contribution is -0.130. The lowest BCUT2D eigenvalue weighted by Crippen LogP contribution is -2.35. The molecule has 6 nitrogen and oxygen atoms in total. The predicted molar refractivity (Wildman–Crippen MR) is 129 cm³/mol. The van der Waals surface area contributed by atoms with Gasteiger partial charge >= 0.3 is 0 Å². The molecule has 7 heteroatoms. The number of carbonyl (C=O) groups excluding carboxylic acids is 1. The maximum absolute atomic E-state index is 12.6. The van der Waals surface area contributed by atoms with Gasteiger partial charge in [-0.05, 0) is 35.6 Å². The van der Waals surface area contributed by atoms with Crippen LogP contribution in [0.1, 0.15) is 24.2 Å². The van der Waals surface area contributed by atoms with Gasteiger partial charge in [-0.15, -0.1) is 11.8 Å². The van der Waals surface area contributed by atoms with Gasteiger partial charge < -0.3 is 9.42 Å². The van der Waals surface area contributed by atoms with Crippen LogP contribution >= 0.6 is 11.8 Å². The predicted octanol–water partition coefficient (Wildman–Crippen LogP) is 4.57. The van der Waals surface area contributed by atoms with Crippen molar-refractivity contribution in [3.63, 3.8) is 0 Å². The molecule has 0 atom stereocenters. The van der Waals surface area contributed by atoms with Crippen LogP contribution in [0.3, 0.4) is 0 Å². The van der Waals surface area contributed by atoms with E-state index in [0.29, 0.717) is 24.7 Å². The number of thioether (sulfide) groups is 1. The maximum atomic E-state index is 12.6. The largest absolute Gasteiger partial charge is 0.341 e. The molecular formula is C25H28N4O2S. The van der Waals surface area contributed by atoms with Gasteiger partial charge in [-0.2, -0.15) is 4.98 Å². The number of nitrogens with zero attached hydrogens (tertiary/aromatic N) is 4. The van der Waals surface area contributed by atoms with E-state index in [1.165, 1.54) is 5.56 Å². The van der Waals surface area contributed by atoms with Crippen molar-refractivity contribution in [1.82, 2.24) is 19.9 Å². The van der Waals surface area contributed by atoms with Crippen LogP contribution < -0.4 is 0 Å². The summed E-state index contributed by atoms with van der Waals surface area (Å²) in [6, 6.07) is 20.0. The van der Waals surface area contributed by atoms with Crippen molar-refractivity contribution in [1.29, 1.82) is 0 Å². The van der Waals surface area contributed by atoms with Gasteiger partial charge in [0.2, 0.25) is 5.91 Å². The first kappa shape index (κ1) is 22.3. The van der Waals surface area contributed by atoms with Gasteiger partial charge in [-0.25, -0.2) is 0 Å². The normalized spacial score (nSPS) is 15.2. The van der Waals surface area contributed by atoms with E-state index in [0.717, 1.165) is 43.9 Å². The minimum atomic E-state index is 0.235. The zero-order valence-corrected chi connectivity index (χ0v) is 18.9. The molecule has 0 spiro atoms. The molecule has 32 heavy (non-hydrogen) atoms. The topological polar surface area (TPSA) is 62.5 Å². The summed E-state index contributed by atoms with van der Waals surface area (Å²) in [5.41, 5.74) is 2.10. The number of aromatic nitrogens is 2. The van der Waals surface area contributed by atoms with Crippen molar-refractivity contribution in [2.24, 2.45) is 0 Å². The average molecular weight is 449 g/mol. The van der Waals surface area contributed by atoms with E-state index in [2.05, 4.69) is 38.7 Å². The highest BCUT2D eigenvalue weighted by molar-refractivity contribution is 8.02. The Hall–Kier alpha value is -2.90. The fourth-order valence-electron chi connectivity index (χ4n) is 3.66. The van der Waals surface area contributed by atoms with Crippen molar-refractivity contribution in [2.75, 3.05) is 31.9 Å². The third-order valence-corrected chi connectivity index (χ3v) is 6.15. The van der Waals surface area contributed by atoms with Crippen molar-refractivity contribution in [3.8, 4) is 11.5 Å². The molecule has 1 fully saturated rings. The summed E-state index contributed by atoms with van der Waals surface area (Å²) in [5, 5.41) is 6.20. The second-order valence-electron chi connectivity index (χ2n) is 7.73. The van der Waals surface area contributed by atoms with Gasteiger partial charge in [-0.1, -0.05) is 53.7 Å². The number of rotatable bonds is 8. The monoisotopic (exact) mass is 448 g/mol. The molecule has 3 aromatic rings. The Labute approximate surface area is 193 Å². The molecule has 0 radical (unpaired) electrons. The summed E-state index contributed by atoms with van der Waals surface area (Å²) in [5.74, 6) is 2.27. The minimum absolute atomic E-state index is 0.235. The molecule has 0 aliphatic carbocycles. The molecule has 1 amide bonds. The van der Waals surface area contributed by atoms with Crippen molar-refractivity contribution in [3.05, 3.63) is 77.5 Å². The van der Waals surface area contributed by atoms with E-state index in [1.807, 2.05) is 53.4 Å². The maximum Gasteiger partial charge on any atom is 0.257 e. The molecule has 0 bridgehead atoms. The van der Waals surface area contributed by atoms with Crippen molar-refractivity contribution in [2.45, 2.75) is 19.4 Å². The molecule has 0 saturated carbocycles. The van der Waals surface area contributed by atoms with E-state index in [9.17, 15) is 4.79 Å². The number of carbonyl (C=O) groups is 1. The molecule has 1 aliphatic heterocycles. The van der Waals surface area contributed by atoms with E-state index < -0.39 is 0 Å². The SMILES string of the molecule is O=C(CCS/C=C\c1ccccc1)N1CCCN(Cc2noc(-c3ccccc3)n2)CC1. The average Bonchev–Trinajstić information content (AvgIpc) is 3.17. The molecule has 0 unspecified atom stereocenters. The molecule has 1 aliphatic rings. The molecular weight excluding hydrogens is 420 g/mol. The second kappa shape index (κ2) is 11.6. The quantitative estimate of drug-likeness (QED) is 0.471. The van der Waals surface area contributed by atoms with E-state index in [-0.39, 0.29) is 5.91 Å². The van der Waals surface area contributed by atoms with Gasteiger partial charge in [0.05, 0.1) is 6.54 Å². The molecule has 166 valence electrons. The van der Waals surface area contributed by atoms with Crippen LogP contribution in [0.2, 0.25) is 0 Å². The van der Waals surface area contributed by atoms with Gasteiger partial charge in [0.25, 0.3) is 5.89 Å². The smallest absolute Gasteiger partial charge is 0.257 e. The van der Waals surface area contributed by atoms with Gasteiger partial charge in [0.15, 0.2) is 5.82 Å². The van der Waals surface area contributed by atoms with Gasteiger partial charge in [0, 0.05) is 43.9 Å². The zero-order chi connectivity index (χ0) is 22.0. The van der Waals surface area contributed by atoms with E-state index in [4.69, 9.17) is 4.52 Å². The fourth-order valence-corrected chi connectivity index (χ4v) is 4.34. The Bertz CT molecular complexity index is 1010. The molecule has 1 saturated heterocycles. The number of hydrogen-bond donors (Lipinski definition) is 0. The summed E-state index contributed by atoms with van der Waals surface area (Å²) >= 11 is 1.68. The van der Waals surface area contributed by atoms with Crippen LogP contribution in [-0.4, -0.2) is 57.8 Å². The summed E-state index contributed by atoms with van der Waals surface area (Å²) in [6.45, 7) is 3.93. The summed E-state index contributed by atoms with van der Waals surface area (Å²) in [7, 11) is 0. The lowest BCUT2D eigenvalue weighted by atomic mass is 10.2. The second-order valence-corrected chi connectivity index (χ2v) is 8.74. The van der Waals surface area contributed by atoms with Gasteiger partial charge in [-0.3, -0.25) is 9.69 Å². The molecule has 4 rings (SSSR count). The van der Waals surface area contributed by atoms with Crippen molar-refractivity contribution >= 4 is 23.7 Å². The Morgan fingerprint density at radius 3 is 2.59 bits per heavy atom. The highest BCUT2D eigenvalue weighted by Gasteiger charge is 2.20. The Balaban J connectivity index is 1.20. The Kier molecular flexibility index (Phi) is 8.11. The molecule has 0 N–H and O–H groups in total. The minimum Gasteiger partial charge on any atom is -0.341 e. The fraction of sp³-hybridized carbons (Fsp3) is 0.320. The number of benzene rings is 2. The van der Waals surface area contributed by atoms with E-state index in [1.54, 1.807) is 11.8 Å². The lowest BCUT2D eigenvalue weighted by Gasteiger charge is -2.21. The van der Waals surface area contributed by atoms with Crippen LogP contribution in [0.4, 0.5) is 0 Å². The third-order valence-electron chi connectivity index (χ3n) is 5.39. The summed E-state index contributed by atoms with van der Waals surface area (Å²) in [6.07, 6.45) is 3.60. The first-order valence-electron chi connectivity index (χ1n) is 11.0. The zero-order valence-electron chi connectivity index (χ0n) is 18.1. The highest BCUT2D eigenvalue weighted by atomic mass is 32.2. The third kappa shape index (κ3) is 6.55. The standard InChI is InChI=1S/C25H28N4O2S/c30-24(13-19-32-18-12-21-8-3-1-4-9-21)29-15-7-14-28(16-17-29)20-23-26-25(31-27-23)22-10-5-2-6-11-22/h1-6,8-12,18H,7,13-17,19-20H2/b18-12-. The highest BCUT2D eigenvalue weighted by Crippen LogP contribution is 2.17. The molecule has 1 aromatic heterocycles. The Morgan fingerprint density at radius 2 is 1.78 bits per heavy atom. The van der Waals surface area contributed by atoms with Crippen LogP contribution in [0.25, 0.3) is 17.5 Å². The first-order chi connectivity index (χ1) is 15.8. The van der Waals surface area contributed by atoms with Crippen LogP contribution in [0.5, 0.6) is 0 Å². The van der Waals surface area contributed by atoms with Crippen LogP contribution in [-0.2, 0) is 11.3 Å². The Morgan fingerprint density at radius 1 is 1.00 bits per heavy atom. The summed E-state index contributed by atoms with van der Waals surface area (Å²) in [4.78, 5) is 21.5. The van der Waals surface area contributed by atoms with Crippen LogP contribution in [0, 0.1) is 0 Å². The first-order valence-corrected chi connectivity index (χ1v) is 12.0. The molecule has 2 aromatic carbocycles. The van der Waals surface area contributed by atoms with Crippen LogP contribution in [0.15, 0.2) is 70.6 Å². The van der Waals surface area contributed by atoms with Crippen molar-refractivity contribution < 1.29 is 9.32 Å². The number of hydrogen-bond acceptors (Lipinski definition) is 6. The van der Waals surface area contributed by atoms with E-state index >= 15 is 0 Å².